The standard InChI is InChI=1S/C14H17F3N2O3S/c1-2-19(12-6-7-23(21,22)9-12)13(20)18-11-5-3-4-10(8-11)14(15,16)17/h3-5,8,12H,2,6-7,9H2,1H3,(H,18,20). The largest absolute Gasteiger partial charge is 0.416 e. The average Bonchev–Trinajstić information content (AvgIpc) is 2.79. The van der Waals surface area contributed by atoms with E-state index >= 15 is 0 Å². The van der Waals surface area contributed by atoms with Crippen molar-refractivity contribution >= 4 is 21.6 Å². The number of halogens is 3. The number of carbonyl (C=O) groups is 1. The highest BCUT2D eigenvalue weighted by molar-refractivity contribution is 7.91. The molecule has 1 unspecified atom stereocenters. The zero-order valence-electron chi connectivity index (χ0n) is 12.4. The van der Waals surface area contributed by atoms with Gasteiger partial charge in [0.25, 0.3) is 0 Å². The molecule has 1 heterocycles. The summed E-state index contributed by atoms with van der Waals surface area (Å²) in [5.41, 5.74) is -0.842. The van der Waals surface area contributed by atoms with Gasteiger partial charge in [0.15, 0.2) is 9.84 Å². The second-order valence-electron chi connectivity index (χ2n) is 5.35. The van der Waals surface area contributed by atoms with Gasteiger partial charge in [0.05, 0.1) is 17.1 Å². The molecule has 0 aromatic heterocycles. The Bertz CT molecular complexity index is 689. The topological polar surface area (TPSA) is 66.5 Å². The summed E-state index contributed by atoms with van der Waals surface area (Å²) in [4.78, 5) is 13.6. The average molecular weight is 350 g/mol. The van der Waals surface area contributed by atoms with E-state index in [0.717, 1.165) is 12.1 Å². The fraction of sp³-hybridized carbons (Fsp3) is 0.500. The number of urea groups is 1. The van der Waals surface area contributed by atoms with Gasteiger partial charge < -0.3 is 10.2 Å². The number of nitrogens with one attached hydrogen (secondary N) is 1. The SMILES string of the molecule is CCN(C(=O)Nc1cccc(C(F)(F)F)c1)C1CCS(=O)(=O)C1. The molecule has 1 saturated heterocycles. The fourth-order valence-electron chi connectivity index (χ4n) is 2.56. The summed E-state index contributed by atoms with van der Waals surface area (Å²) in [5.74, 6) is -0.0954. The molecule has 1 aromatic rings. The van der Waals surface area contributed by atoms with Crippen LogP contribution in [0.15, 0.2) is 24.3 Å². The summed E-state index contributed by atoms with van der Waals surface area (Å²) in [6.07, 6.45) is -4.16. The van der Waals surface area contributed by atoms with Crippen molar-refractivity contribution in [1.29, 1.82) is 0 Å². The number of alkyl halides is 3. The molecule has 9 heteroatoms. The Hall–Kier alpha value is -1.77. The molecule has 0 aliphatic carbocycles. The van der Waals surface area contributed by atoms with Crippen LogP contribution >= 0.6 is 0 Å². The Kier molecular flexibility index (Phi) is 4.88. The highest BCUT2D eigenvalue weighted by Crippen LogP contribution is 2.30. The van der Waals surface area contributed by atoms with Crippen LogP contribution in [0, 0.1) is 0 Å². The Balaban J connectivity index is 2.11. The molecule has 0 saturated carbocycles. The predicted molar refractivity (Wildman–Crippen MR) is 79.9 cm³/mol. The molecular weight excluding hydrogens is 333 g/mol. The first kappa shape index (κ1) is 17.6. The van der Waals surface area contributed by atoms with Gasteiger partial charge in [0.1, 0.15) is 0 Å². The minimum Gasteiger partial charge on any atom is -0.321 e. The lowest BCUT2D eigenvalue weighted by atomic mass is 10.2. The third-order valence-electron chi connectivity index (χ3n) is 3.69. The van der Waals surface area contributed by atoms with Gasteiger partial charge in [-0.25, -0.2) is 13.2 Å². The monoisotopic (exact) mass is 350 g/mol. The van der Waals surface area contributed by atoms with Gasteiger partial charge in [-0.3, -0.25) is 0 Å². The first-order chi connectivity index (χ1) is 10.6. The molecule has 1 atom stereocenters. The van der Waals surface area contributed by atoms with Gasteiger partial charge in [0, 0.05) is 18.3 Å². The van der Waals surface area contributed by atoms with E-state index in [0.29, 0.717) is 6.42 Å². The third kappa shape index (κ3) is 4.37. The van der Waals surface area contributed by atoms with E-state index in [1.54, 1.807) is 6.92 Å². The number of amides is 2. The van der Waals surface area contributed by atoms with Crippen LogP contribution in [-0.4, -0.2) is 43.4 Å². The summed E-state index contributed by atoms with van der Waals surface area (Å²) in [6, 6.07) is 3.26. The second kappa shape index (κ2) is 6.38. The number of benzene rings is 1. The maximum absolute atomic E-state index is 12.7. The minimum atomic E-state index is -4.50. The van der Waals surface area contributed by atoms with Gasteiger partial charge in [-0.2, -0.15) is 13.2 Å². The van der Waals surface area contributed by atoms with Crippen LogP contribution < -0.4 is 5.32 Å². The van der Waals surface area contributed by atoms with E-state index < -0.39 is 33.6 Å². The van der Waals surface area contributed by atoms with Crippen molar-refractivity contribution in [2.45, 2.75) is 25.6 Å². The van der Waals surface area contributed by atoms with Crippen LogP contribution in [-0.2, 0) is 16.0 Å². The number of carbonyl (C=O) groups excluding carboxylic acids is 1. The van der Waals surface area contributed by atoms with E-state index in [2.05, 4.69) is 5.32 Å². The lowest BCUT2D eigenvalue weighted by molar-refractivity contribution is -0.137. The lowest BCUT2D eigenvalue weighted by Crippen LogP contribution is -2.43. The van der Waals surface area contributed by atoms with Gasteiger partial charge in [0.2, 0.25) is 0 Å². The van der Waals surface area contributed by atoms with E-state index in [1.165, 1.54) is 17.0 Å². The van der Waals surface area contributed by atoms with Crippen molar-refractivity contribution in [3.05, 3.63) is 29.8 Å². The highest BCUT2D eigenvalue weighted by atomic mass is 32.2. The highest BCUT2D eigenvalue weighted by Gasteiger charge is 2.34. The van der Waals surface area contributed by atoms with Gasteiger partial charge in [-0.05, 0) is 31.5 Å². The van der Waals surface area contributed by atoms with Crippen molar-refractivity contribution in [3.63, 3.8) is 0 Å². The summed E-state index contributed by atoms with van der Waals surface area (Å²) >= 11 is 0. The molecule has 5 nitrogen and oxygen atoms in total. The Morgan fingerprint density at radius 2 is 2.09 bits per heavy atom. The number of hydrogen-bond donors (Lipinski definition) is 1. The zero-order valence-corrected chi connectivity index (χ0v) is 13.2. The molecule has 1 aliphatic rings. The number of rotatable bonds is 3. The van der Waals surface area contributed by atoms with Crippen molar-refractivity contribution < 1.29 is 26.4 Å². The summed E-state index contributed by atoms with van der Waals surface area (Å²) in [7, 11) is -3.15. The minimum absolute atomic E-state index is 0.0177. The van der Waals surface area contributed by atoms with Crippen LogP contribution in [0.3, 0.4) is 0 Å². The Morgan fingerprint density at radius 1 is 1.39 bits per heavy atom. The van der Waals surface area contributed by atoms with Gasteiger partial charge >= 0.3 is 12.2 Å². The summed E-state index contributed by atoms with van der Waals surface area (Å²) in [6.45, 7) is 1.96. The quantitative estimate of drug-likeness (QED) is 0.912. The molecule has 1 aromatic carbocycles. The molecule has 0 spiro atoms. The van der Waals surface area contributed by atoms with Crippen LogP contribution in [0.25, 0.3) is 0 Å². The number of nitrogens with zero attached hydrogens (tertiary/aromatic N) is 1. The second-order valence-corrected chi connectivity index (χ2v) is 7.58. The number of hydrogen-bond acceptors (Lipinski definition) is 3. The molecular formula is C14H17F3N2O3S. The molecule has 0 radical (unpaired) electrons. The maximum Gasteiger partial charge on any atom is 0.416 e. The maximum atomic E-state index is 12.7. The Labute approximate surface area is 132 Å². The number of anilines is 1. The third-order valence-corrected chi connectivity index (χ3v) is 5.44. The fourth-order valence-corrected chi connectivity index (χ4v) is 4.29. The van der Waals surface area contributed by atoms with E-state index in [1.807, 2.05) is 0 Å². The smallest absolute Gasteiger partial charge is 0.321 e. The summed E-state index contributed by atoms with van der Waals surface area (Å²) < 4.78 is 61.0. The van der Waals surface area contributed by atoms with Crippen LogP contribution in [0.5, 0.6) is 0 Å². The van der Waals surface area contributed by atoms with Crippen LogP contribution in [0.2, 0.25) is 0 Å². The molecule has 1 aliphatic heterocycles. The molecule has 128 valence electrons. The van der Waals surface area contributed by atoms with Crippen molar-refractivity contribution in [3.8, 4) is 0 Å². The first-order valence-corrected chi connectivity index (χ1v) is 8.90. The molecule has 0 bridgehead atoms. The number of sulfone groups is 1. The van der Waals surface area contributed by atoms with E-state index in [-0.39, 0.29) is 23.7 Å². The van der Waals surface area contributed by atoms with Crippen molar-refractivity contribution in [2.24, 2.45) is 0 Å². The molecule has 1 fully saturated rings. The lowest BCUT2D eigenvalue weighted by Gasteiger charge is -2.27. The van der Waals surface area contributed by atoms with Crippen LogP contribution in [0.1, 0.15) is 18.9 Å². The molecule has 1 N–H and O–H groups in total. The van der Waals surface area contributed by atoms with Crippen LogP contribution in [0.4, 0.5) is 23.7 Å². The van der Waals surface area contributed by atoms with Crippen molar-refractivity contribution in [1.82, 2.24) is 4.90 Å². The predicted octanol–water partition coefficient (Wildman–Crippen LogP) is 2.75. The molecule has 2 rings (SSSR count). The van der Waals surface area contributed by atoms with Crippen molar-refractivity contribution in [2.75, 3.05) is 23.4 Å². The first-order valence-electron chi connectivity index (χ1n) is 7.07. The normalized spacial score (nSPS) is 20.3. The van der Waals surface area contributed by atoms with Gasteiger partial charge in [-0.1, -0.05) is 6.07 Å². The Morgan fingerprint density at radius 3 is 2.61 bits per heavy atom. The van der Waals surface area contributed by atoms with E-state index in [9.17, 15) is 26.4 Å². The van der Waals surface area contributed by atoms with Gasteiger partial charge in [-0.15, -0.1) is 0 Å². The molecule has 2 amide bonds. The molecule has 23 heavy (non-hydrogen) atoms. The summed E-state index contributed by atoms with van der Waals surface area (Å²) in [5, 5.41) is 2.40. The van der Waals surface area contributed by atoms with E-state index in [4.69, 9.17) is 0 Å². The zero-order chi connectivity index (χ0) is 17.3.